The van der Waals surface area contributed by atoms with E-state index < -0.39 is 0 Å². The Morgan fingerprint density at radius 3 is 3.07 bits per heavy atom. The van der Waals surface area contributed by atoms with Crippen molar-refractivity contribution in [3.63, 3.8) is 0 Å². The molecule has 0 aromatic heterocycles. The fraction of sp³-hybridized carbons (Fsp3) is 1.00. The molecule has 1 spiro atoms. The maximum atomic E-state index is 8.27. The van der Waals surface area contributed by atoms with Crippen LogP contribution in [0.15, 0.2) is 5.11 Å². The smallest absolute Gasteiger partial charge is 0.0689 e. The Kier molecular flexibility index (Phi) is 3.17. The molecule has 84 valence electrons. The average Bonchev–Trinajstić information content (AvgIpc) is 2.58. The van der Waals surface area contributed by atoms with E-state index in [-0.39, 0.29) is 11.7 Å². The van der Waals surface area contributed by atoms with Crippen molar-refractivity contribution in [3.05, 3.63) is 10.4 Å². The molecule has 0 aromatic carbocycles. The van der Waals surface area contributed by atoms with Gasteiger partial charge in [0.1, 0.15) is 0 Å². The van der Waals surface area contributed by atoms with Gasteiger partial charge in [0.25, 0.3) is 0 Å². The second-order valence-electron chi connectivity index (χ2n) is 5.08. The first-order valence-electron chi connectivity index (χ1n) is 5.93. The highest BCUT2D eigenvalue weighted by atomic mass is 16.5. The van der Waals surface area contributed by atoms with Crippen molar-refractivity contribution in [1.29, 1.82) is 0 Å². The van der Waals surface area contributed by atoms with Crippen molar-refractivity contribution < 1.29 is 4.74 Å². The van der Waals surface area contributed by atoms with Crippen LogP contribution in [-0.2, 0) is 4.74 Å². The highest BCUT2D eigenvalue weighted by molar-refractivity contribution is 4.93. The number of azide groups is 1. The third-order valence-electron chi connectivity index (χ3n) is 3.74. The summed E-state index contributed by atoms with van der Waals surface area (Å²) >= 11 is 0. The number of nitrogens with zero attached hydrogens (tertiary/aromatic N) is 3. The minimum atomic E-state index is 0.132. The Labute approximate surface area is 90.6 Å². The third-order valence-corrected chi connectivity index (χ3v) is 3.74. The standard InChI is InChI=1S/C11H19N3O/c1-9-3-2-5-11(7-9)6-4-10(15-11)8-13-14-12/h9-10H,2-8H2,1H3. The van der Waals surface area contributed by atoms with Gasteiger partial charge in [-0.1, -0.05) is 24.9 Å². The maximum absolute atomic E-state index is 8.27. The molecule has 2 aliphatic rings. The van der Waals surface area contributed by atoms with Gasteiger partial charge in [0, 0.05) is 4.91 Å². The molecule has 0 aromatic rings. The molecule has 1 aliphatic carbocycles. The zero-order chi connectivity index (χ0) is 10.7. The highest BCUT2D eigenvalue weighted by Gasteiger charge is 2.42. The normalized spacial score (nSPS) is 40.3. The van der Waals surface area contributed by atoms with Gasteiger partial charge in [-0.05, 0) is 37.1 Å². The van der Waals surface area contributed by atoms with E-state index >= 15 is 0 Å². The topological polar surface area (TPSA) is 58.0 Å². The van der Waals surface area contributed by atoms with E-state index in [0.29, 0.717) is 6.54 Å². The molecule has 1 saturated carbocycles. The van der Waals surface area contributed by atoms with Gasteiger partial charge < -0.3 is 4.74 Å². The van der Waals surface area contributed by atoms with E-state index in [1.807, 2.05) is 0 Å². The molecule has 0 bridgehead atoms. The van der Waals surface area contributed by atoms with Crippen LogP contribution in [0.25, 0.3) is 10.4 Å². The lowest BCUT2D eigenvalue weighted by Gasteiger charge is -2.36. The molecule has 3 unspecified atom stereocenters. The summed E-state index contributed by atoms with van der Waals surface area (Å²) in [6.45, 7) is 2.82. The van der Waals surface area contributed by atoms with Crippen molar-refractivity contribution in [2.45, 2.75) is 57.2 Å². The number of hydrogen-bond donors (Lipinski definition) is 0. The van der Waals surface area contributed by atoms with E-state index in [0.717, 1.165) is 18.8 Å². The number of ether oxygens (including phenoxy) is 1. The lowest BCUT2D eigenvalue weighted by Crippen LogP contribution is -2.35. The van der Waals surface area contributed by atoms with Crippen LogP contribution in [0.4, 0.5) is 0 Å². The fourth-order valence-electron chi connectivity index (χ4n) is 3.10. The summed E-state index contributed by atoms with van der Waals surface area (Å²) in [7, 11) is 0. The second-order valence-corrected chi connectivity index (χ2v) is 5.08. The van der Waals surface area contributed by atoms with E-state index in [1.165, 1.54) is 25.7 Å². The predicted molar refractivity (Wildman–Crippen MR) is 58.5 cm³/mol. The maximum Gasteiger partial charge on any atom is 0.0689 e. The van der Waals surface area contributed by atoms with Gasteiger partial charge in [0.05, 0.1) is 18.2 Å². The van der Waals surface area contributed by atoms with Crippen LogP contribution in [0.2, 0.25) is 0 Å². The molecule has 2 fully saturated rings. The lowest BCUT2D eigenvalue weighted by atomic mass is 9.77. The zero-order valence-corrected chi connectivity index (χ0v) is 9.35. The molecule has 1 saturated heterocycles. The van der Waals surface area contributed by atoms with E-state index in [1.54, 1.807) is 0 Å². The van der Waals surface area contributed by atoms with Gasteiger partial charge in [-0.2, -0.15) is 0 Å². The van der Waals surface area contributed by atoms with Crippen LogP contribution in [0.1, 0.15) is 45.4 Å². The predicted octanol–water partition coefficient (Wildman–Crippen LogP) is 3.42. The number of hydrogen-bond acceptors (Lipinski definition) is 2. The van der Waals surface area contributed by atoms with Gasteiger partial charge in [-0.25, -0.2) is 0 Å². The van der Waals surface area contributed by atoms with E-state index in [2.05, 4.69) is 16.9 Å². The molecule has 2 rings (SSSR count). The van der Waals surface area contributed by atoms with Crippen LogP contribution in [-0.4, -0.2) is 18.2 Å². The molecule has 0 N–H and O–H groups in total. The minimum Gasteiger partial charge on any atom is -0.372 e. The summed E-state index contributed by atoms with van der Waals surface area (Å²) in [5.74, 6) is 0.789. The van der Waals surface area contributed by atoms with Gasteiger partial charge in [0.15, 0.2) is 0 Å². The van der Waals surface area contributed by atoms with Gasteiger partial charge >= 0.3 is 0 Å². The Balaban J connectivity index is 1.92. The SMILES string of the molecule is CC1CCCC2(CCC(CN=[N+]=[N-])O2)C1. The van der Waals surface area contributed by atoms with Crippen molar-refractivity contribution in [2.24, 2.45) is 11.0 Å². The third kappa shape index (κ3) is 2.44. The summed E-state index contributed by atoms with van der Waals surface area (Å²) in [6, 6.07) is 0. The zero-order valence-electron chi connectivity index (χ0n) is 9.35. The van der Waals surface area contributed by atoms with Crippen LogP contribution < -0.4 is 0 Å². The first kappa shape index (κ1) is 10.8. The molecular weight excluding hydrogens is 190 g/mol. The highest BCUT2D eigenvalue weighted by Crippen LogP contribution is 2.43. The Bertz CT molecular complexity index is 275. The van der Waals surface area contributed by atoms with Crippen LogP contribution in [0.5, 0.6) is 0 Å². The summed E-state index contributed by atoms with van der Waals surface area (Å²) in [5.41, 5.74) is 8.41. The monoisotopic (exact) mass is 209 g/mol. The largest absolute Gasteiger partial charge is 0.372 e. The van der Waals surface area contributed by atoms with Gasteiger partial charge in [0.2, 0.25) is 0 Å². The lowest BCUT2D eigenvalue weighted by molar-refractivity contribution is -0.0706. The van der Waals surface area contributed by atoms with E-state index in [4.69, 9.17) is 10.3 Å². The summed E-state index contributed by atoms with van der Waals surface area (Å²) in [5, 5.41) is 3.61. The minimum absolute atomic E-state index is 0.132. The van der Waals surface area contributed by atoms with E-state index in [9.17, 15) is 0 Å². The molecule has 1 aliphatic heterocycles. The first-order valence-corrected chi connectivity index (χ1v) is 5.93. The first-order chi connectivity index (χ1) is 7.24. The Morgan fingerprint density at radius 2 is 2.33 bits per heavy atom. The molecule has 4 nitrogen and oxygen atoms in total. The molecule has 0 amide bonds. The second kappa shape index (κ2) is 4.42. The van der Waals surface area contributed by atoms with Gasteiger partial charge in [-0.3, -0.25) is 0 Å². The Morgan fingerprint density at radius 1 is 1.47 bits per heavy atom. The van der Waals surface area contributed by atoms with Crippen LogP contribution >= 0.6 is 0 Å². The molecule has 1 heterocycles. The summed E-state index contributed by atoms with van der Waals surface area (Å²) < 4.78 is 6.10. The number of rotatable bonds is 2. The van der Waals surface area contributed by atoms with Gasteiger partial charge in [-0.15, -0.1) is 0 Å². The Hall–Kier alpha value is -0.730. The molecule has 15 heavy (non-hydrogen) atoms. The van der Waals surface area contributed by atoms with Crippen molar-refractivity contribution in [3.8, 4) is 0 Å². The van der Waals surface area contributed by atoms with Crippen molar-refractivity contribution >= 4 is 0 Å². The van der Waals surface area contributed by atoms with Crippen LogP contribution in [0.3, 0.4) is 0 Å². The summed E-state index contributed by atoms with van der Waals surface area (Å²) in [4.78, 5) is 2.79. The van der Waals surface area contributed by atoms with Crippen molar-refractivity contribution in [1.82, 2.24) is 0 Å². The molecule has 4 heteroatoms. The quantitative estimate of drug-likeness (QED) is 0.390. The molecule has 0 radical (unpaired) electrons. The molecule has 3 atom stereocenters. The van der Waals surface area contributed by atoms with Crippen LogP contribution in [0, 0.1) is 5.92 Å². The summed E-state index contributed by atoms with van der Waals surface area (Å²) in [6.07, 6.45) is 7.41. The fourth-order valence-corrected chi connectivity index (χ4v) is 3.10. The van der Waals surface area contributed by atoms with Crippen molar-refractivity contribution in [2.75, 3.05) is 6.54 Å². The average molecular weight is 209 g/mol. The molecular formula is C11H19N3O.